The zero-order valence-electron chi connectivity index (χ0n) is 19.6. The number of hydrazone groups is 1. The molecule has 4 aromatic rings. The Morgan fingerprint density at radius 3 is 2.56 bits per heavy atom. The molecule has 0 aromatic heterocycles. The summed E-state index contributed by atoms with van der Waals surface area (Å²) in [5.74, 6) is 0.953. The molecule has 0 unspecified atom stereocenters. The van der Waals surface area contributed by atoms with Crippen LogP contribution in [0.4, 0.5) is 5.69 Å². The molecular weight excluding hydrogens is 586 g/mol. The first-order valence-corrected chi connectivity index (χ1v) is 13.0. The molecule has 2 N–H and O–H groups in total. The maximum Gasteiger partial charge on any atom is 0.259 e. The second-order valence-corrected chi connectivity index (χ2v) is 9.61. The number of nitrogens with zero attached hydrogens (tertiary/aromatic N) is 1. The number of hydrogen-bond acceptors (Lipinski definition) is 5. The summed E-state index contributed by atoms with van der Waals surface area (Å²) >= 11 is 6.99. The summed E-state index contributed by atoms with van der Waals surface area (Å²) in [5.41, 5.74) is 5.23. The zero-order valence-corrected chi connectivity index (χ0v) is 22.8. The Morgan fingerprint density at radius 1 is 0.972 bits per heavy atom. The Morgan fingerprint density at radius 2 is 1.75 bits per heavy atom. The van der Waals surface area contributed by atoms with Gasteiger partial charge in [0.15, 0.2) is 11.5 Å². The molecule has 0 saturated carbocycles. The molecular formula is C28H25Br2N3O3. The van der Waals surface area contributed by atoms with E-state index in [4.69, 9.17) is 9.47 Å². The highest BCUT2D eigenvalue weighted by molar-refractivity contribution is 9.10. The van der Waals surface area contributed by atoms with Crippen molar-refractivity contribution >= 4 is 60.4 Å². The number of fused-ring (bicyclic) bond motifs is 1. The van der Waals surface area contributed by atoms with E-state index in [1.165, 1.54) is 5.39 Å². The summed E-state index contributed by atoms with van der Waals surface area (Å²) in [6.45, 7) is 2.90. The largest absolute Gasteiger partial charge is 0.490 e. The quantitative estimate of drug-likeness (QED) is 0.151. The van der Waals surface area contributed by atoms with Crippen LogP contribution < -0.4 is 20.2 Å². The fourth-order valence-corrected chi connectivity index (χ4v) is 4.44. The number of benzene rings is 4. The summed E-state index contributed by atoms with van der Waals surface area (Å²) in [6, 6.07) is 25.7. The number of amides is 1. The molecule has 6 nitrogen and oxygen atoms in total. The molecule has 0 heterocycles. The Hall–Kier alpha value is -3.36. The number of rotatable bonds is 10. The van der Waals surface area contributed by atoms with Crippen LogP contribution in [-0.4, -0.2) is 25.3 Å². The van der Waals surface area contributed by atoms with Crippen molar-refractivity contribution in [3.8, 4) is 11.5 Å². The molecule has 0 spiro atoms. The van der Waals surface area contributed by atoms with E-state index in [9.17, 15) is 4.79 Å². The molecule has 36 heavy (non-hydrogen) atoms. The van der Waals surface area contributed by atoms with Gasteiger partial charge in [0, 0.05) is 10.2 Å². The summed E-state index contributed by atoms with van der Waals surface area (Å²) in [5, 5.41) is 9.45. The van der Waals surface area contributed by atoms with E-state index >= 15 is 0 Å². The lowest BCUT2D eigenvalue weighted by Crippen LogP contribution is -2.25. The number of carbonyl (C=O) groups is 1. The number of hydrogen-bond donors (Lipinski definition) is 2. The van der Waals surface area contributed by atoms with Gasteiger partial charge in [0.05, 0.1) is 23.8 Å². The predicted octanol–water partition coefficient (Wildman–Crippen LogP) is 6.90. The molecule has 184 valence electrons. The van der Waals surface area contributed by atoms with Gasteiger partial charge in [0.2, 0.25) is 0 Å². The van der Waals surface area contributed by atoms with E-state index in [0.29, 0.717) is 24.7 Å². The maximum absolute atomic E-state index is 12.1. The van der Waals surface area contributed by atoms with Gasteiger partial charge in [-0.05, 0) is 81.2 Å². The van der Waals surface area contributed by atoms with E-state index in [-0.39, 0.29) is 12.5 Å². The average molecular weight is 611 g/mol. The van der Waals surface area contributed by atoms with Crippen LogP contribution in [-0.2, 0) is 11.4 Å². The third kappa shape index (κ3) is 6.86. The second-order valence-electron chi connectivity index (χ2n) is 7.84. The molecule has 0 atom stereocenters. The Kier molecular flexibility index (Phi) is 8.97. The fourth-order valence-electron chi connectivity index (χ4n) is 3.60. The first-order valence-electron chi connectivity index (χ1n) is 11.4. The van der Waals surface area contributed by atoms with Crippen molar-refractivity contribution in [3.05, 3.63) is 98.9 Å². The van der Waals surface area contributed by atoms with Crippen molar-refractivity contribution in [3.63, 3.8) is 0 Å². The minimum absolute atomic E-state index is 0.105. The normalized spacial score (nSPS) is 11.0. The first kappa shape index (κ1) is 25.7. The third-order valence-electron chi connectivity index (χ3n) is 5.28. The van der Waals surface area contributed by atoms with Crippen LogP contribution >= 0.6 is 31.9 Å². The van der Waals surface area contributed by atoms with Gasteiger partial charge in [-0.3, -0.25) is 4.79 Å². The van der Waals surface area contributed by atoms with Crippen molar-refractivity contribution in [2.75, 3.05) is 18.5 Å². The summed E-state index contributed by atoms with van der Waals surface area (Å²) < 4.78 is 13.7. The van der Waals surface area contributed by atoms with Gasteiger partial charge in [0.1, 0.15) is 6.61 Å². The minimum Gasteiger partial charge on any atom is -0.490 e. The van der Waals surface area contributed by atoms with Crippen LogP contribution in [0, 0.1) is 0 Å². The van der Waals surface area contributed by atoms with Crippen LogP contribution in [0.15, 0.2) is 92.9 Å². The molecule has 8 heteroatoms. The van der Waals surface area contributed by atoms with Crippen molar-refractivity contribution in [2.45, 2.75) is 13.5 Å². The standard InChI is InChI=1S/C28H25Br2N3O3/c1-2-35-26-15-19(16-32-33-27(34)17-31-23-12-10-22(29)11-13-23)14-25(30)28(26)36-18-21-8-5-7-20-6-3-4-9-24(20)21/h3-16,31H,2,17-18H2,1H3,(H,33,34)/b32-16-. The highest BCUT2D eigenvalue weighted by atomic mass is 79.9. The lowest BCUT2D eigenvalue weighted by molar-refractivity contribution is -0.119. The van der Waals surface area contributed by atoms with Crippen LogP contribution in [0.25, 0.3) is 10.8 Å². The monoisotopic (exact) mass is 609 g/mol. The molecule has 0 radical (unpaired) electrons. The van der Waals surface area contributed by atoms with E-state index in [1.54, 1.807) is 6.21 Å². The Balaban J connectivity index is 1.40. The fraction of sp³-hybridized carbons (Fsp3) is 0.143. The number of ether oxygens (including phenoxy) is 2. The minimum atomic E-state index is -0.256. The molecule has 0 aliphatic rings. The van der Waals surface area contributed by atoms with Gasteiger partial charge in [-0.25, -0.2) is 5.43 Å². The Bertz CT molecular complexity index is 1370. The predicted molar refractivity (Wildman–Crippen MR) is 152 cm³/mol. The number of anilines is 1. The van der Waals surface area contributed by atoms with Crippen LogP contribution in [0.3, 0.4) is 0 Å². The second kappa shape index (κ2) is 12.6. The third-order valence-corrected chi connectivity index (χ3v) is 6.40. The highest BCUT2D eigenvalue weighted by Gasteiger charge is 2.13. The van der Waals surface area contributed by atoms with Gasteiger partial charge in [-0.2, -0.15) is 5.10 Å². The maximum atomic E-state index is 12.1. The molecule has 0 bridgehead atoms. The van der Waals surface area contributed by atoms with Crippen LogP contribution in [0.5, 0.6) is 11.5 Å². The van der Waals surface area contributed by atoms with Gasteiger partial charge in [-0.1, -0.05) is 58.4 Å². The number of halogens is 2. The summed E-state index contributed by atoms with van der Waals surface area (Å²) in [7, 11) is 0. The van der Waals surface area contributed by atoms with Crippen LogP contribution in [0.1, 0.15) is 18.1 Å². The van der Waals surface area contributed by atoms with Gasteiger partial charge >= 0.3 is 0 Å². The molecule has 1 amide bonds. The van der Waals surface area contributed by atoms with Crippen molar-refractivity contribution in [2.24, 2.45) is 5.10 Å². The molecule has 0 fully saturated rings. The van der Waals surface area contributed by atoms with E-state index in [1.807, 2.05) is 61.5 Å². The molecule has 0 saturated heterocycles. The number of nitrogens with one attached hydrogen (secondary N) is 2. The van der Waals surface area contributed by atoms with Crippen molar-refractivity contribution in [1.29, 1.82) is 0 Å². The molecule has 4 rings (SSSR count). The number of carbonyl (C=O) groups excluding carboxylic acids is 1. The molecule has 0 aliphatic carbocycles. The van der Waals surface area contributed by atoms with Gasteiger partial charge in [0.25, 0.3) is 5.91 Å². The molecule has 0 aliphatic heterocycles. The summed E-state index contributed by atoms with van der Waals surface area (Å²) in [6.07, 6.45) is 1.57. The average Bonchev–Trinajstić information content (AvgIpc) is 2.88. The van der Waals surface area contributed by atoms with Crippen molar-refractivity contribution in [1.82, 2.24) is 5.43 Å². The lowest BCUT2D eigenvalue weighted by Gasteiger charge is -2.15. The molecule has 4 aromatic carbocycles. The Labute approximate surface area is 227 Å². The van der Waals surface area contributed by atoms with Gasteiger partial charge in [-0.15, -0.1) is 0 Å². The zero-order chi connectivity index (χ0) is 25.3. The van der Waals surface area contributed by atoms with E-state index in [0.717, 1.165) is 31.1 Å². The topological polar surface area (TPSA) is 72.0 Å². The van der Waals surface area contributed by atoms with Crippen LogP contribution in [0.2, 0.25) is 0 Å². The van der Waals surface area contributed by atoms with E-state index < -0.39 is 0 Å². The SMILES string of the molecule is CCOc1cc(/C=N\NC(=O)CNc2ccc(Br)cc2)cc(Br)c1OCc1cccc2ccccc12. The van der Waals surface area contributed by atoms with E-state index in [2.05, 4.69) is 72.0 Å². The van der Waals surface area contributed by atoms with Gasteiger partial charge < -0.3 is 14.8 Å². The summed E-state index contributed by atoms with van der Waals surface area (Å²) in [4.78, 5) is 12.1. The van der Waals surface area contributed by atoms with Crippen molar-refractivity contribution < 1.29 is 14.3 Å². The smallest absolute Gasteiger partial charge is 0.259 e. The first-order chi connectivity index (χ1) is 17.5. The lowest BCUT2D eigenvalue weighted by atomic mass is 10.1. The highest BCUT2D eigenvalue weighted by Crippen LogP contribution is 2.37.